The normalized spacial score (nSPS) is 10.7. The van der Waals surface area contributed by atoms with Gasteiger partial charge in [0.15, 0.2) is 5.43 Å². The van der Waals surface area contributed by atoms with Crippen LogP contribution in [-0.4, -0.2) is 11.5 Å². The Morgan fingerprint density at radius 2 is 2.28 bits per heavy atom. The highest BCUT2D eigenvalue weighted by Gasteiger charge is 1.97. The van der Waals surface area contributed by atoms with Crippen LogP contribution in [0.25, 0.3) is 27.4 Å². The number of H-pyrrole nitrogens is 1. The van der Waals surface area contributed by atoms with Crippen molar-refractivity contribution < 1.29 is 0 Å². The summed E-state index contributed by atoms with van der Waals surface area (Å²) in [6.07, 6.45) is 6.17. The summed E-state index contributed by atoms with van der Waals surface area (Å²) in [7, 11) is 0. The van der Waals surface area contributed by atoms with Gasteiger partial charge >= 0.3 is 0 Å². The zero-order valence-corrected chi connectivity index (χ0v) is 9.71. The molecule has 1 heterocycles. The Balaban J connectivity index is 2.22. The second-order valence-corrected chi connectivity index (χ2v) is 3.79. The van der Waals surface area contributed by atoms with Gasteiger partial charge in [0.25, 0.3) is 0 Å². The summed E-state index contributed by atoms with van der Waals surface area (Å²) >= 11 is 0. The van der Waals surface area contributed by atoms with Gasteiger partial charge in [-0.05, 0) is 29.6 Å². The minimum absolute atomic E-state index is 0.00748. The van der Waals surface area contributed by atoms with Crippen molar-refractivity contribution in [3.63, 3.8) is 0 Å². The zero-order valence-electron chi connectivity index (χ0n) is 9.71. The predicted octanol–water partition coefficient (Wildman–Crippen LogP) is 3.24. The number of hydrogen-bond acceptors (Lipinski definition) is 2. The zero-order chi connectivity index (χ0) is 12.8. The van der Waals surface area contributed by atoms with Crippen molar-refractivity contribution in [2.75, 3.05) is 6.54 Å². The van der Waals surface area contributed by atoms with Gasteiger partial charge in [-0.25, -0.2) is 0 Å². The Hall–Kier alpha value is -2.52. The summed E-state index contributed by atoms with van der Waals surface area (Å²) in [5, 5.41) is 4.12. The molecular weight excluding hydrogens is 228 g/mol. The number of nitrogens with zero attached hydrogens (tertiary/aromatic N) is 3. The second kappa shape index (κ2) is 5.70. The van der Waals surface area contributed by atoms with Gasteiger partial charge in [0.1, 0.15) is 0 Å². The highest BCUT2D eigenvalue weighted by molar-refractivity contribution is 5.80. The van der Waals surface area contributed by atoms with E-state index in [2.05, 4.69) is 15.0 Å². The van der Waals surface area contributed by atoms with Crippen molar-refractivity contribution in [3.05, 3.63) is 62.8 Å². The molecule has 5 heteroatoms. The van der Waals surface area contributed by atoms with Crippen molar-refractivity contribution in [1.82, 2.24) is 4.98 Å². The van der Waals surface area contributed by atoms with E-state index in [-0.39, 0.29) is 5.43 Å². The van der Waals surface area contributed by atoms with Crippen LogP contribution in [0, 0.1) is 0 Å². The lowest BCUT2D eigenvalue weighted by molar-refractivity contribution is 0.996. The summed E-state index contributed by atoms with van der Waals surface area (Å²) in [4.78, 5) is 17.3. The molecule has 0 bridgehead atoms. The molecule has 0 saturated heterocycles. The molecule has 2 rings (SSSR count). The maximum atomic E-state index is 11.6. The number of pyridine rings is 1. The predicted molar refractivity (Wildman–Crippen MR) is 72.2 cm³/mol. The number of hydrogen-bond donors (Lipinski definition) is 1. The number of nitrogens with one attached hydrogen (secondary N) is 1. The molecule has 5 nitrogen and oxygen atoms in total. The lowest BCUT2D eigenvalue weighted by Gasteiger charge is -1.98. The smallest absolute Gasteiger partial charge is 0.189 e. The first-order valence-corrected chi connectivity index (χ1v) is 5.60. The topological polar surface area (TPSA) is 81.6 Å². The lowest BCUT2D eigenvalue weighted by atomic mass is 10.1. The van der Waals surface area contributed by atoms with E-state index in [0.29, 0.717) is 18.4 Å². The van der Waals surface area contributed by atoms with Crippen LogP contribution < -0.4 is 5.43 Å². The Labute approximate surface area is 103 Å². The van der Waals surface area contributed by atoms with Crippen molar-refractivity contribution in [3.8, 4) is 0 Å². The van der Waals surface area contributed by atoms with Crippen molar-refractivity contribution in [1.29, 1.82) is 0 Å². The summed E-state index contributed by atoms with van der Waals surface area (Å²) in [6, 6.07) is 7.17. The summed E-state index contributed by atoms with van der Waals surface area (Å²) in [5.41, 5.74) is 9.92. The molecule has 0 unspecified atom stereocenters. The largest absolute Gasteiger partial charge is 0.361 e. The Morgan fingerprint density at radius 1 is 1.39 bits per heavy atom. The Morgan fingerprint density at radius 3 is 3.11 bits per heavy atom. The fourth-order valence-corrected chi connectivity index (χ4v) is 1.69. The van der Waals surface area contributed by atoms with Crippen LogP contribution in [0.2, 0.25) is 0 Å². The minimum atomic E-state index is 0.00748. The van der Waals surface area contributed by atoms with Gasteiger partial charge in [-0.2, -0.15) is 0 Å². The van der Waals surface area contributed by atoms with Crippen molar-refractivity contribution >= 4 is 17.0 Å². The standard InChI is InChI=1S/C13H12N4O/c14-17-16-7-2-1-3-10-4-5-12-11(9-10)13(18)6-8-15-12/h1,3-6,8-9H,2,7H2,(H,15,18). The highest BCUT2D eigenvalue weighted by atomic mass is 16.1. The quantitative estimate of drug-likeness (QED) is 0.378. The molecule has 0 aliphatic heterocycles. The third-order valence-corrected chi connectivity index (χ3v) is 2.55. The third kappa shape index (κ3) is 2.78. The van der Waals surface area contributed by atoms with Gasteiger partial charge in [-0.15, -0.1) is 0 Å². The molecule has 0 fully saturated rings. The molecule has 0 aliphatic rings. The van der Waals surface area contributed by atoms with E-state index in [0.717, 1.165) is 11.1 Å². The van der Waals surface area contributed by atoms with E-state index in [1.165, 1.54) is 6.07 Å². The van der Waals surface area contributed by atoms with Gasteiger partial charge in [-0.1, -0.05) is 23.3 Å². The van der Waals surface area contributed by atoms with Gasteiger partial charge in [-0.3, -0.25) is 4.79 Å². The average molecular weight is 240 g/mol. The molecule has 1 aromatic heterocycles. The van der Waals surface area contributed by atoms with Crippen LogP contribution in [0.5, 0.6) is 0 Å². The third-order valence-electron chi connectivity index (χ3n) is 2.55. The molecule has 0 spiro atoms. The van der Waals surface area contributed by atoms with Crippen LogP contribution in [0.15, 0.2) is 46.4 Å². The van der Waals surface area contributed by atoms with E-state index in [4.69, 9.17) is 5.53 Å². The van der Waals surface area contributed by atoms with E-state index in [1.807, 2.05) is 30.4 Å². The minimum Gasteiger partial charge on any atom is -0.361 e. The first-order chi connectivity index (χ1) is 8.81. The maximum Gasteiger partial charge on any atom is 0.189 e. The second-order valence-electron chi connectivity index (χ2n) is 3.79. The summed E-state index contributed by atoms with van der Waals surface area (Å²) < 4.78 is 0. The number of aromatic nitrogens is 1. The molecule has 0 atom stereocenters. The summed E-state index contributed by atoms with van der Waals surface area (Å²) in [5.74, 6) is 0. The Bertz CT molecular complexity index is 681. The van der Waals surface area contributed by atoms with E-state index in [9.17, 15) is 4.79 Å². The molecule has 1 N–H and O–H groups in total. The molecule has 0 saturated carbocycles. The maximum absolute atomic E-state index is 11.6. The van der Waals surface area contributed by atoms with E-state index >= 15 is 0 Å². The molecular formula is C13H12N4O. The SMILES string of the molecule is [N-]=[N+]=NCCC=Cc1ccc2[nH]ccc(=O)c2c1. The number of rotatable bonds is 4. The lowest BCUT2D eigenvalue weighted by Crippen LogP contribution is -1.99. The molecule has 2 aromatic rings. The average Bonchev–Trinajstić information content (AvgIpc) is 2.39. The number of fused-ring (bicyclic) bond motifs is 1. The fourth-order valence-electron chi connectivity index (χ4n) is 1.69. The first kappa shape index (κ1) is 12.0. The van der Waals surface area contributed by atoms with Crippen LogP contribution in [0.3, 0.4) is 0 Å². The van der Waals surface area contributed by atoms with Gasteiger partial charge < -0.3 is 4.98 Å². The van der Waals surface area contributed by atoms with Crippen molar-refractivity contribution in [2.24, 2.45) is 5.11 Å². The van der Waals surface area contributed by atoms with Crippen LogP contribution in [0.4, 0.5) is 0 Å². The van der Waals surface area contributed by atoms with Crippen molar-refractivity contribution in [2.45, 2.75) is 6.42 Å². The molecule has 0 amide bonds. The highest BCUT2D eigenvalue weighted by Crippen LogP contribution is 2.11. The van der Waals surface area contributed by atoms with E-state index < -0.39 is 0 Å². The molecule has 90 valence electrons. The van der Waals surface area contributed by atoms with Gasteiger partial charge in [0.05, 0.1) is 0 Å². The Kier molecular flexibility index (Phi) is 3.79. The van der Waals surface area contributed by atoms with Gasteiger partial charge in [0, 0.05) is 34.6 Å². The first-order valence-electron chi connectivity index (χ1n) is 5.60. The number of azide groups is 1. The van der Waals surface area contributed by atoms with Gasteiger partial charge in [0.2, 0.25) is 0 Å². The fraction of sp³-hybridized carbons (Fsp3) is 0.154. The number of benzene rings is 1. The molecule has 18 heavy (non-hydrogen) atoms. The van der Waals surface area contributed by atoms with Crippen LogP contribution >= 0.6 is 0 Å². The van der Waals surface area contributed by atoms with E-state index in [1.54, 1.807) is 6.20 Å². The summed E-state index contributed by atoms with van der Waals surface area (Å²) in [6.45, 7) is 0.446. The van der Waals surface area contributed by atoms with Crippen LogP contribution in [0.1, 0.15) is 12.0 Å². The molecule has 0 aliphatic carbocycles. The number of aromatic amines is 1. The molecule has 1 aromatic carbocycles. The monoisotopic (exact) mass is 240 g/mol. The molecule has 0 radical (unpaired) electrons. The van der Waals surface area contributed by atoms with Crippen LogP contribution in [-0.2, 0) is 0 Å².